The third-order valence-corrected chi connectivity index (χ3v) is 2.77. The van der Waals surface area contributed by atoms with Crippen molar-refractivity contribution in [2.45, 2.75) is 6.54 Å². The smallest absolute Gasteiger partial charge is 0.338 e. The number of amides is 1. The van der Waals surface area contributed by atoms with Crippen LogP contribution in [-0.4, -0.2) is 18.5 Å². The number of carbonyl (C=O) groups excluding carboxylic acids is 2. The molecular formula is C16H13F2NO3. The average molecular weight is 305 g/mol. The maximum Gasteiger partial charge on any atom is 0.338 e. The van der Waals surface area contributed by atoms with Crippen molar-refractivity contribution >= 4 is 11.9 Å². The zero-order chi connectivity index (χ0) is 15.9. The minimum atomic E-state index is -0.965. The largest absolute Gasteiger partial charge is 0.452 e. The predicted octanol–water partition coefficient (Wildman–Crippen LogP) is 2.44. The summed E-state index contributed by atoms with van der Waals surface area (Å²) in [5, 5.41) is 2.56. The Labute approximate surface area is 125 Å². The molecule has 2 aromatic rings. The van der Waals surface area contributed by atoms with Crippen molar-refractivity contribution < 1.29 is 23.1 Å². The molecule has 0 spiro atoms. The lowest BCUT2D eigenvalue weighted by atomic mass is 10.2. The number of ether oxygens (including phenoxy) is 1. The van der Waals surface area contributed by atoms with Crippen LogP contribution in [0.3, 0.4) is 0 Å². The highest BCUT2D eigenvalue weighted by Gasteiger charge is 2.12. The number of benzene rings is 2. The van der Waals surface area contributed by atoms with Crippen LogP contribution in [0.2, 0.25) is 0 Å². The molecule has 6 heteroatoms. The summed E-state index contributed by atoms with van der Waals surface area (Å²) in [6.45, 7) is -0.227. The molecule has 0 aliphatic carbocycles. The minimum Gasteiger partial charge on any atom is -0.452 e. The van der Waals surface area contributed by atoms with E-state index in [1.54, 1.807) is 0 Å². The van der Waals surface area contributed by atoms with Gasteiger partial charge >= 0.3 is 5.97 Å². The molecule has 0 aromatic heterocycles. The lowest BCUT2D eigenvalue weighted by Crippen LogP contribution is -2.28. The summed E-state index contributed by atoms with van der Waals surface area (Å²) in [5.74, 6) is -3.25. The first-order valence-corrected chi connectivity index (χ1v) is 6.48. The van der Waals surface area contributed by atoms with Crippen LogP contribution < -0.4 is 5.32 Å². The van der Waals surface area contributed by atoms with Gasteiger partial charge in [-0.25, -0.2) is 13.6 Å². The third kappa shape index (κ3) is 4.66. The van der Waals surface area contributed by atoms with Gasteiger partial charge in [0.15, 0.2) is 6.61 Å². The lowest BCUT2D eigenvalue weighted by Gasteiger charge is -2.07. The standard InChI is InChI=1S/C16H13F2NO3/c17-13-6-12(7-14(18)8-13)16(21)22-10-15(20)19-9-11-4-2-1-3-5-11/h1-8H,9-10H2,(H,19,20). The van der Waals surface area contributed by atoms with Crippen LogP contribution in [0.1, 0.15) is 15.9 Å². The topological polar surface area (TPSA) is 55.4 Å². The van der Waals surface area contributed by atoms with Crippen LogP contribution >= 0.6 is 0 Å². The van der Waals surface area contributed by atoms with Gasteiger partial charge in [0.2, 0.25) is 0 Å². The molecule has 0 heterocycles. The maximum absolute atomic E-state index is 13.0. The van der Waals surface area contributed by atoms with Crippen molar-refractivity contribution in [1.82, 2.24) is 5.32 Å². The number of rotatable bonds is 5. The first-order chi connectivity index (χ1) is 10.5. The molecule has 0 bridgehead atoms. The number of esters is 1. The molecule has 0 fully saturated rings. The molecule has 2 aromatic carbocycles. The van der Waals surface area contributed by atoms with E-state index in [1.807, 2.05) is 30.3 Å². The van der Waals surface area contributed by atoms with E-state index in [4.69, 9.17) is 4.74 Å². The van der Waals surface area contributed by atoms with E-state index in [9.17, 15) is 18.4 Å². The molecule has 22 heavy (non-hydrogen) atoms. The second-order valence-corrected chi connectivity index (χ2v) is 4.50. The Morgan fingerprint density at radius 1 is 1.00 bits per heavy atom. The Balaban J connectivity index is 1.81. The molecule has 0 unspecified atom stereocenters. The first kappa shape index (κ1) is 15.6. The summed E-state index contributed by atoms with van der Waals surface area (Å²) < 4.78 is 30.6. The maximum atomic E-state index is 13.0. The summed E-state index contributed by atoms with van der Waals surface area (Å²) >= 11 is 0. The van der Waals surface area contributed by atoms with Gasteiger partial charge in [-0.2, -0.15) is 0 Å². The first-order valence-electron chi connectivity index (χ1n) is 6.48. The fourth-order valence-electron chi connectivity index (χ4n) is 1.73. The van der Waals surface area contributed by atoms with Gasteiger partial charge in [-0.05, 0) is 17.7 Å². The molecule has 1 amide bonds. The fourth-order valence-corrected chi connectivity index (χ4v) is 1.73. The molecule has 0 saturated carbocycles. The monoisotopic (exact) mass is 305 g/mol. The molecule has 0 aliphatic rings. The summed E-state index contributed by atoms with van der Waals surface area (Å²) in [5.41, 5.74) is 0.614. The van der Waals surface area contributed by atoms with E-state index in [2.05, 4.69) is 5.32 Å². The normalized spacial score (nSPS) is 10.1. The number of halogens is 2. The Kier molecular flexibility index (Phi) is 5.19. The van der Waals surface area contributed by atoms with Crippen LogP contribution in [0.25, 0.3) is 0 Å². The number of carbonyl (C=O) groups is 2. The van der Waals surface area contributed by atoms with E-state index in [0.717, 1.165) is 17.7 Å². The number of hydrogen-bond donors (Lipinski definition) is 1. The van der Waals surface area contributed by atoms with E-state index in [0.29, 0.717) is 12.6 Å². The molecular weight excluding hydrogens is 292 g/mol. The molecule has 2 rings (SSSR count). The van der Waals surface area contributed by atoms with Crippen molar-refractivity contribution in [1.29, 1.82) is 0 Å². The fraction of sp³-hybridized carbons (Fsp3) is 0.125. The minimum absolute atomic E-state index is 0.284. The van der Waals surface area contributed by atoms with Crippen molar-refractivity contribution in [3.8, 4) is 0 Å². The van der Waals surface area contributed by atoms with Gasteiger partial charge < -0.3 is 10.1 Å². The summed E-state index contributed by atoms with van der Waals surface area (Å²) in [4.78, 5) is 23.1. The lowest BCUT2D eigenvalue weighted by molar-refractivity contribution is -0.124. The van der Waals surface area contributed by atoms with Gasteiger partial charge in [0.05, 0.1) is 5.56 Å². The molecule has 0 atom stereocenters. The third-order valence-electron chi connectivity index (χ3n) is 2.77. The zero-order valence-electron chi connectivity index (χ0n) is 11.5. The van der Waals surface area contributed by atoms with Crippen molar-refractivity contribution in [3.05, 3.63) is 71.3 Å². The Morgan fingerprint density at radius 3 is 2.27 bits per heavy atom. The highest BCUT2D eigenvalue weighted by molar-refractivity contribution is 5.91. The second kappa shape index (κ2) is 7.31. The molecule has 1 N–H and O–H groups in total. The summed E-state index contributed by atoms with van der Waals surface area (Å²) in [7, 11) is 0. The molecule has 4 nitrogen and oxygen atoms in total. The Morgan fingerprint density at radius 2 is 1.64 bits per heavy atom. The van der Waals surface area contributed by atoms with E-state index in [1.165, 1.54) is 0 Å². The van der Waals surface area contributed by atoms with Crippen LogP contribution in [-0.2, 0) is 16.1 Å². The van der Waals surface area contributed by atoms with Gasteiger partial charge in [-0.1, -0.05) is 30.3 Å². The van der Waals surface area contributed by atoms with Crippen molar-refractivity contribution in [2.24, 2.45) is 0 Å². The summed E-state index contributed by atoms with van der Waals surface area (Å²) in [6.07, 6.45) is 0. The SMILES string of the molecule is O=C(COC(=O)c1cc(F)cc(F)c1)NCc1ccccc1. The van der Waals surface area contributed by atoms with Gasteiger partial charge in [0.25, 0.3) is 5.91 Å². The molecule has 0 radical (unpaired) electrons. The highest BCUT2D eigenvalue weighted by atomic mass is 19.1. The van der Waals surface area contributed by atoms with E-state index in [-0.39, 0.29) is 5.56 Å². The Hall–Kier alpha value is -2.76. The number of nitrogens with one attached hydrogen (secondary N) is 1. The average Bonchev–Trinajstić information content (AvgIpc) is 2.50. The quantitative estimate of drug-likeness (QED) is 0.863. The highest BCUT2D eigenvalue weighted by Crippen LogP contribution is 2.09. The van der Waals surface area contributed by atoms with Gasteiger partial charge in [0, 0.05) is 12.6 Å². The Bertz CT molecular complexity index is 654. The van der Waals surface area contributed by atoms with Crippen LogP contribution in [0.15, 0.2) is 48.5 Å². The second-order valence-electron chi connectivity index (χ2n) is 4.50. The van der Waals surface area contributed by atoms with E-state index < -0.39 is 30.1 Å². The van der Waals surface area contributed by atoms with Gasteiger partial charge in [-0.3, -0.25) is 4.79 Å². The van der Waals surface area contributed by atoms with E-state index >= 15 is 0 Å². The predicted molar refractivity (Wildman–Crippen MR) is 74.9 cm³/mol. The molecule has 0 aliphatic heterocycles. The van der Waals surface area contributed by atoms with Crippen LogP contribution in [0.4, 0.5) is 8.78 Å². The summed E-state index contributed by atoms with van der Waals surface area (Å²) in [6, 6.07) is 11.5. The van der Waals surface area contributed by atoms with Crippen LogP contribution in [0, 0.1) is 11.6 Å². The molecule has 114 valence electrons. The zero-order valence-corrected chi connectivity index (χ0v) is 11.5. The van der Waals surface area contributed by atoms with Gasteiger partial charge in [-0.15, -0.1) is 0 Å². The van der Waals surface area contributed by atoms with Crippen molar-refractivity contribution in [2.75, 3.05) is 6.61 Å². The molecule has 0 saturated heterocycles. The van der Waals surface area contributed by atoms with Gasteiger partial charge in [0.1, 0.15) is 11.6 Å². The number of hydrogen-bond acceptors (Lipinski definition) is 3. The van der Waals surface area contributed by atoms with Crippen LogP contribution in [0.5, 0.6) is 0 Å². The van der Waals surface area contributed by atoms with Crippen molar-refractivity contribution in [3.63, 3.8) is 0 Å².